The Bertz CT molecular complexity index is 1790. The Balaban J connectivity index is 1.32. The van der Waals surface area contributed by atoms with E-state index in [9.17, 15) is 9.59 Å². The van der Waals surface area contributed by atoms with E-state index in [1.165, 1.54) is 20.4 Å². The number of nitrogens with zero attached hydrogens (tertiary/aromatic N) is 1. The number of carbonyl (C=O) groups is 2. The van der Waals surface area contributed by atoms with Crippen LogP contribution in [0.4, 0.5) is 0 Å². The predicted molar refractivity (Wildman–Crippen MR) is 161 cm³/mol. The van der Waals surface area contributed by atoms with Gasteiger partial charge >= 0.3 is 5.97 Å². The summed E-state index contributed by atoms with van der Waals surface area (Å²) in [6.07, 6.45) is 1.45. The lowest BCUT2D eigenvalue weighted by molar-refractivity contribution is -0.123. The summed E-state index contributed by atoms with van der Waals surface area (Å²) in [4.78, 5) is 25.6. The van der Waals surface area contributed by atoms with E-state index in [0.29, 0.717) is 22.8 Å². The minimum absolute atomic E-state index is 0.245. The highest BCUT2D eigenvalue weighted by molar-refractivity contribution is 9.10. The maximum Gasteiger partial charge on any atom is 0.343 e. The number of halogens is 1. The van der Waals surface area contributed by atoms with Gasteiger partial charge in [0.15, 0.2) is 18.1 Å². The third-order valence-electron chi connectivity index (χ3n) is 6.32. The third kappa shape index (κ3) is 6.15. The molecule has 5 aromatic carbocycles. The Morgan fingerprint density at radius 1 is 0.780 bits per heavy atom. The van der Waals surface area contributed by atoms with Gasteiger partial charge in [-0.05, 0) is 67.8 Å². The van der Waals surface area contributed by atoms with Gasteiger partial charge in [0.2, 0.25) is 0 Å². The molecule has 0 aromatic heterocycles. The molecule has 9 heteroatoms. The van der Waals surface area contributed by atoms with Gasteiger partial charge in [0.1, 0.15) is 11.5 Å². The summed E-state index contributed by atoms with van der Waals surface area (Å²) >= 11 is 3.56. The number of ether oxygens (including phenoxy) is 4. The molecular formula is C32H25BrN2O6. The van der Waals surface area contributed by atoms with Crippen molar-refractivity contribution in [3.05, 3.63) is 107 Å². The van der Waals surface area contributed by atoms with Gasteiger partial charge < -0.3 is 18.9 Å². The van der Waals surface area contributed by atoms with E-state index >= 15 is 0 Å². The summed E-state index contributed by atoms with van der Waals surface area (Å²) in [5, 5.41) is 7.86. The highest BCUT2D eigenvalue weighted by Gasteiger charge is 2.16. The van der Waals surface area contributed by atoms with Gasteiger partial charge in [-0.15, -0.1) is 0 Å². The molecule has 8 nitrogen and oxygen atoms in total. The number of amides is 1. The van der Waals surface area contributed by atoms with E-state index in [4.69, 9.17) is 18.9 Å². The molecule has 0 saturated heterocycles. The van der Waals surface area contributed by atoms with Crippen molar-refractivity contribution < 1.29 is 28.5 Å². The van der Waals surface area contributed by atoms with Crippen LogP contribution in [0.3, 0.4) is 0 Å². The predicted octanol–water partition coefficient (Wildman–Crippen LogP) is 6.52. The number of hydrogen-bond acceptors (Lipinski definition) is 7. The first-order chi connectivity index (χ1) is 20.0. The first-order valence-electron chi connectivity index (χ1n) is 12.6. The number of hydrazone groups is 1. The quantitative estimate of drug-likeness (QED) is 0.0881. The second-order valence-electron chi connectivity index (χ2n) is 8.84. The molecular weight excluding hydrogens is 588 g/mol. The first-order valence-corrected chi connectivity index (χ1v) is 13.4. The van der Waals surface area contributed by atoms with E-state index in [0.717, 1.165) is 26.0 Å². The van der Waals surface area contributed by atoms with Gasteiger partial charge in [0, 0.05) is 5.56 Å². The molecule has 1 amide bonds. The number of methoxy groups -OCH3 is 2. The lowest BCUT2D eigenvalue weighted by Gasteiger charge is -2.12. The highest BCUT2D eigenvalue weighted by Crippen LogP contribution is 2.33. The average Bonchev–Trinajstić information content (AvgIpc) is 3.01. The summed E-state index contributed by atoms with van der Waals surface area (Å²) in [6, 6.07) is 27.5. The fraction of sp³-hybridized carbons (Fsp3) is 0.0938. The zero-order valence-electron chi connectivity index (χ0n) is 22.2. The van der Waals surface area contributed by atoms with Gasteiger partial charge in [-0.25, -0.2) is 10.2 Å². The van der Waals surface area contributed by atoms with Crippen LogP contribution in [-0.4, -0.2) is 38.9 Å². The van der Waals surface area contributed by atoms with Gasteiger partial charge in [-0.3, -0.25) is 4.79 Å². The molecule has 5 aromatic rings. The fourth-order valence-electron chi connectivity index (χ4n) is 4.29. The molecule has 0 fully saturated rings. The lowest BCUT2D eigenvalue weighted by Crippen LogP contribution is -2.24. The highest BCUT2D eigenvalue weighted by atomic mass is 79.9. The lowest BCUT2D eigenvalue weighted by atomic mass is 10.0. The maximum atomic E-state index is 13.0. The van der Waals surface area contributed by atoms with Crippen LogP contribution in [0.5, 0.6) is 23.0 Å². The molecule has 5 rings (SSSR count). The van der Waals surface area contributed by atoms with Crippen molar-refractivity contribution in [3.8, 4) is 23.0 Å². The molecule has 0 radical (unpaired) electrons. The smallest absolute Gasteiger partial charge is 0.343 e. The second-order valence-corrected chi connectivity index (χ2v) is 9.63. The Labute approximate surface area is 244 Å². The van der Waals surface area contributed by atoms with Crippen LogP contribution in [0.25, 0.3) is 21.5 Å². The van der Waals surface area contributed by atoms with Crippen LogP contribution in [0.2, 0.25) is 0 Å². The van der Waals surface area contributed by atoms with E-state index in [1.54, 1.807) is 30.3 Å². The number of carbonyl (C=O) groups excluding carboxylic acids is 2. The number of rotatable bonds is 9. The Morgan fingerprint density at radius 3 is 2.15 bits per heavy atom. The van der Waals surface area contributed by atoms with Gasteiger partial charge in [0.25, 0.3) is 5.91 Å². The van der Waals surface area contributed by atoms with E-state index < -0.39 is 11.9 Å². The number of esters is 1. The first kappa shape index (κ1) is 27.7. The van der Waals surface area contributed by atoms with Crippen molar-refractivity contribution in [1.82, 2.24) is 5.43 Å². The van der Waals surface area contributed by atoms with Crippen molar-refractivity contribution >= 4 is 55.6 Å². The van der Waals surface area contributed by atoms with E-state index in [1.807, 2.05) is 60.7 Å². The SMILES string of the molecule is COc1ccc(C(=O)Oc2ccc3ccccc3c2/C=N/NC(=O)COc2ccc3ccccc3c2Br)cc1OC. The van der Waals surface area contributed by atoms with Crippen LogP contribution in [0.1, 0.15) is 15.9 Å². The molecule has 0 aliphatic heterocycles. The summed E-state index contributed by atoms with van der Waals surface area (Å²) in [5.74, 6) is 0.678. The summed E-state index contributed by atoms with van der Waals surface area (Å²) in [6.45, 7) is -0.245. The molecule has 0 bridgehead atoms. The number of nitrogens with one attached hydrogen (secondary N) is 1. The molecule has 0 saturated carbocycles. The van der Waals surface area contributed by atoms with Crippen molar-refractivity contribution in [2.24, 2.45) is 5.10 Å². The van der Waals surface area contributed by atoms with Crippen molar-refractivity contribution in [2.45, 2.75) is 0 Å². The van der Waals surface area contributed by atoms with Crippen LogP contribution < -0.4 is 24.4 Å². The second kappa shape index (κ2) is 12.5. The minimum Gasteiger partial charge on any atom is -0.493 e. The number of fused-ring (bicyclic) bond motifs is 2. The third-order valence-corrected chi connectivity index (χ3v) is 7.14. The molecule has 1 N–H and O–H groups in total. The number of hydrogen-bond donors (Lipinski definition) is 1. The maximum absolute atomic E-state index is 13.0. The van der Waals surface area contributed by atoms with Crippen LogP contribution in [0.15, 0.2) is 101 Å². The largest absolute Gasteiger partial charge is 0.493 e. The molecule has 41 heavy (non-hydrogen) atoms. The van der Waals surface area contributed by atoms with E-state index in [-0.39, 0.29) is 17.9 Å². The van der Waals surface area contributed by atoms with Crippen molar-refractivity contribution in [2.75, 3.05) is 20.8 Å². The van der Waals surface area contributed by atoms with Crippen molar-refractivity contribution in [3.63, 3.8) is 0 Å². The fourth-order valence-corrected chi connectivity index (χ4v) is 4.90. The molecule has 0 atom stereocenters. The molecule has 0 aliphatic rings. The topological polar surface area (TPSA) is 95.5 Å². The molecule has 0 spiro atoms. The Hall–Kier alpha value is -4.89. The van der Waals surface area contributed by atoms with Crippen LogP contribution >= 0.6 is 15.9 Å². The molecule has 0 heterocycles. The van der Waals surface area contributed by atoms with Crippen molar-refractivity contribution in [1.29, 1.82) is 0 Å². The van der Waals surface area contributed by atoms with Crippen LogP contribution in [-0.2, 0) is 4.79 Å². The molecule has 0 unspecified atom stereocenters. The summed E-state index contributed by atoms with van der Waals surface area (Å²) < 4.78 is 22.8. The Morgan fingerprint density at radius 2 is 1.41 bits per heavy atom. The summed E-state index contributed by atoms with van der Waals surface area (Å²) in [5.41, 5.74) is 3.29. The standard InChI is InChI=1S/C32H25BrN2O6/c1-38-27-15-13-22(17-29(27)39-2)32(37)41-26-14-11-20-7-3-5-9-23(20)25(26)18-34-35-30(36)19-40-28-16-12-21-8-4-6-10-24(21)31(28)33/h3-18H,19H2,1-2H3,(H,35,36)/b34-18+. The van der Waals surface area contributed by atoms with Crippen LogP contribution in [0, 0.1) is 0 Å². The monoisotopic (exact) mass is 612 g/mol. The van der Waals surface area contributed by atoms with Gasteiger partial charge in [0.05, 0.1) is 30.5 Å². The molecule has 0 aliphatic carbocycles. The number of benzene rings is 5. The average molecular weight is 613 g/mol. The van der Waals surface area contributed by atoms with Gasteiger partial charge in [-0.1, -0.05) is 60.7 Å². The van der Waals surface area contributed by atoms with Gasteiger partial charge in [-0.2, -0.15) is 5.10 Å². The summed E-state index contributed by atoms with van der Waals surface area (Å²) in [7, 11) is 3.01. The van der Waals surface area contributed by atoms with E-state index in [2.05, 4.69) is 26.5 Å². The minimum atomic E-state index is -0.589. The zero-order chi connectivity index (χ0) is 28.8. The zero-order valence-corrected chi connectivity index (χ0v) is 23.8. The Kier molecular flexibility index (Phi) is 8.45. The molecule has 206 valence electrons. The normalized spacial score (nSPS) is 11.0.